The molecule has 0 saturated carbocycles. The van der Waals surface area contributed by atoms with Gasteiger partial charge in [0, 0.05) is 6.07 Å². The van der Waals surface area contributed by atoms with Gasteiger partial charge in [-0.3, -0.25) is 10.1 Å². The smallest absolute Gasteiger partial charge is 0.482 e. The van der Waals surface area contributed by atoms with E-state index in [1.165, 1.54) is 18.2 Å². The zero-order chi connectivity index (χ0) is 19.8. The summed E-state index contributed by atoms with van der Waals surface area (Å²) in [6.07, 6.45) is 0. The van der Waals surface area contributed by atoms with Crippen LogP contribution < -0.4 is 10.2 Å². The average molecular weight is 373 g/mol. The van der Waals surface area contributed by atoms with Crippen molar-refractivity contribution >= 4 is 18.3 Å². The number of ether oxygens (including phenoxy) is 1. The van der Waals surface area contributed by atoms with E-state index in [1.54, 1.807) is 24.3 Å². The molecular weight excluding hydrogens is 352 g/mol. The number of nitrogens with zero attached hydrogens (tertiary/aromatic N) is 1. The molecule has 0 bridgehead atoms. The molecule has 2 aromatic rings. The molecule has 2 aromatic carbocycles. The maximum absolute atomic E-state index is 13.0. The van der Waals surface area contributed by atoms with Crippen LogP contribution >= 0.6 is 0 Å². The normalized spacial score (nSPS) is 17.7. The van der Waals surface area contributed by atoms with Crippen molar-refractivity contribution in [3.63, 3.8) is 0 Å². The lowest BCUT2D eigenvalue weighted by atomic mass is 9.79. The first-order chi connectivity index (χ1) is 12.6. The second-order valence-electron chi connectivity index (χ2n) is 7.49. The first-order valence-electron chi connectivity index (χ1n) is 8.60. The van der Waals surface area contributed by atoms with Crippen LogP contribution in [0.15, 0.2) is 42.5 Å². The minimum absolute atomic E-state index is 0.0773. The highest BCUT2D eigenvalue weighted by molar-refractivity contribution is 6.62. The summed E-state index contributed by atoms with van der Waals surface area (Å²) in [4.78, 5) is 10.8. The predicted octanol–water partition coefficient (Wildman–Crippen LogP) is 3.61. The summed E-state index contributed by atoms with van der Waals surface area (Å²) in [6.45, 7) is 7.82. The van der Waals surface area contributed by atoms with E-state index in [2.05, 4.69) is 0 Å². The van der Waals surface area contributed by atoms with E-state index in [0.717, 1.165) is 0 Å². The van der Waals surface area contributed by atoms with Gasteiger partial charge in [0.05, 0.1) is 16.1 Å². The van der Waals surface area contributed by atoms with Gasteiger partial charge in [-0.25, -0.2) is 4.39 Å². The number of nitro benzene ring substituents is 1. The summed E-state index contributed by atoms with van der Waals surface area (Å²) in [5.74, 6) is -0.246. The minimum Gasteiger partial charge on any atom is -0.482 e. The molecule has 0 spiro atoms. The van der Waals surface area contributed by atoms with E-state index >= 15 is 0 Å². The Morgan fingerprint density at radius 1 is 1.07 bits per heavy atom. The number of benzene rings is 2. The molecule has 1 heterocycles. The Kier molecular flexibility index (Phi) is 4.97. The molecule has 0 atom stereocenters. The average Bonchev–Trinajstić information content (AvgIpc) is 2.82. The Morgan fingerprint density at radius 2 is 1.67 bits per heavy atom. The quantitative estimate of drug-likeness (QED) is 0.455. The van der Waals surface area contributed by atoms with Crippen LogP contribution in [-0.4, -0.2) is 23.2 Å². The fraction of sp³-hybridized carbons (Fsp3) is 0.368. The van der Waals surface area contributed by atoms with Crippen molar-refractivity contribution in [3.05, 3.63) is 64.0 Å². The second kappa shape index (κ2) is 6.94. The summed E-state index contributed by atoms with van der Waals surface area (Å²) in [6, 6.07) is 10.3. The molecule has 1 aliphatic rings. The molecule has 1 saturated heterocycles. The van der Waals surface area contributed by atoms with Gasteiger partial charge in [0.15, 0.2) is 5.75 Å². The van der Waals surface area contributed by atoms with Gasteiger partial charge in [-0.15, -0.1) is 0 Å². The summed E-state index contributed by atoms with van der Waals surface area (Å²) in [5.41, 5.74) is 0.140. The van der Waals surface area contributed by atoms with Crippen LogP contribution in [0.3, 0.4) is 0 Å². The van der Waals surface area contributed by atoms with Crippen molar-refractivity contribution in [2.24, 2.45) is 0 Å². The van der Waals surface area contributed by atoms with Crippen LogP contribution in [0.4, 0.5) is 10.1 Å². The SMILES string of the molecule is CC1(C)OB(c2ccc([N+](=O)[O-])c(OCc3ccc(F)cc3)c2)OC1(C)C. The highest BCUT2D eigenvalue weighted by Gasteiger charge is 2.51. The Hall–Kier alpha value is -2.45. The van der Waals surface area contributed by atoms with E-state index in [-0.39, 0.29) is 23.9 Å². The second-order valence-corrected chi connectivity index (χ2v) is 7.49. The molecule has 0 N–H and O–H groups in total. The van der Waals surface area contributed by atoms with E-state index in [9.17, 15) is 14.5 Å². The van der Waals surface area contributed by atoms with Crippen molar-refractivity contribution in [1.82, 2.24) is 0 Å². The van der Waals surface area contributed by atoms with Gasteiger partial charge in [-0.2, -0.15) is 0 Å². The summed E-state index contributed by atoms with van der Waals surface area (Å²) < 4.78 is 30.7. The van der Waals surface area contributed by atoms with Crippen molar-refractivity contribution < 1.29 is 23.4 Å². The molecule has 0 amide bonds. The van der Waals surface area contributed by atoms with Crippen LogP contribution in [0, 0.1) is 15.9 Å². The van der Waals surface area contributed by atoms with Gasteiger partial charge in [-0.1, -0.05) is 18.2 Å². The molecule has 1 fully saturated rings. The first-order valence-corrected chi connectivity index (χ1v) is 8.60. The first kappa shape index (κ1) is 19.3. The monoisotopic (exact) mass is 373 g/mol. The minimum atomic E-state index is -0.649. The Balaban J connectivity index is 1.85. The van der Waals surface area contributed by atoms with Crippen molar-refractivity contribution in [1.29, 1.82) is 0 Å². The van der Waals surface area contributed by atoms with Gasteiger partial charge in [0.2, 0.25) is 0 Å². The van der Waals surface area contributed by atoms with Crippen molar-refractivity contribution in [3.8, 4) is 5.75 Å². The molecule has 1 aliphatic heterocycles. The molecule has 3 rings (SSSR count). The maximum atomic E-state index is 13.0. The lowest BCUT2D eigenvalue weighted by Crippen LogP contribution is -2.41. The molecule has 0 unspecified atom stereocenters. The summed E-state index contributed by atoms with van der Waals surface area (Å²) in [7, 11) is -0.649. The molecule has 8 heteroatoms. The molecule has 0 aliphatic carbocycles. The lowest BCUT2D eigenvalue weighted by molar-refractivity contribution is -0.385. The molecule has 6 nitrogen and oxygen atoms in total. The zero-order valence-electron chi connectivity index (χ0n) is 15.7. The molecule has 142 valence electrons. The van der Waals surface area contributed by atoms with E-state index < -0.39 is 23.2 Å². The number of hydrogen-bond donors (Lipinski definition) is 0. The number of halogens is 1. The number of nitro groups is 1. The standard InChI is InChI=1S/C19H21BFNO5/c1-18(2)19(3,4)27-20(26-18)14-7-10-16(22(23)24)17(11-14)25-12-13-5-8-15(21)9-6-13/h5-11H,12H2,1-4H3. The van der Waals surface area contributed by atoms with Crippen LogP contribution in [-0.2, 0) is 15.9 Å². The number of rotatable bonds is 5. The summed E-state index contributed by atoms with van der Waals surface area (Å²) in [5, 5.41) is 11.3. The zero-order valence-corrected chi connectivity index (χ0v) is 15.7. The third kappa shape index (κ3) is 3.96. The fourth-order valence-electron chi connectivity index (χ4n) is 2.66. The van der Waals surface area contributed by atoms with Gasteiger partial charge >= 0.3 is 12.8 Å². The third-order valence-electron chi connectivity index (χ3n) is 5.01. The topological polar surface area (TPSA) is 70.8 Å². The van der Waals surface area contributed by atoms with Gasteiger partial charge in [0.1, 0.15) is 12.4 Å². The largest absolute Gasteiger partial charge is 0.494 e. The highest BCUT2D eigenvalue weighted by Crippen LogP contribution is 2.37. The summed E-state index contributed by atoms with van der Waals surface area (Å²) >= 11 is 0. The Morgan fingerprint density at radius 3 is 2.22 bits per heavy atom. The van der Waals surface area contributed by atoms with E-state index in [4.69, 9.17) is 14.0 Å². The molecular formula is C19H21BFNO5. The highest BCUT2D eigenvalue weighted by atomic mass is 19.1. The van der Waals surface area contributed by atoms with Crippen LogP contribution in [0.25, 0.3) is 0 Å². The maximum Gasteiger partial charge on any atom is 0.494 e. The van der Waals surface area contributed by atoms with Gasteiger partial charge in [-0.05, 0) is 56.9 Å². The molecule has 0 aromatic heterocycles. The third-order valence-corrected chi connectivity index (χ3v) is 5.01. The Bertz CT molecular complexity index is 838. The van der Waals surface area contributed by atoms with Crippen LogP contribution in [0.2, 0.25) is 0 Å². The van der Waals surface area contributed by atoms with Crippen molar-refractivity contribution in [2.45, 2.75) is 45.5 Å². The molecule has 0 radical (unpaired) electrons. The number of hydrogen-bond acceptors (Lipinski definition) is 5. The van der Waals surface area contributed by atoms with Crippen molar-refractivity contribution in [2.75, 3.05) is 0 Å². The van der Waals surface area contributed by atoms with E-state index in [0.29, 0.717) is 11.0 Å². The lowest BCUT2D eigenvalue weighted by Gasteiger charge is -2.32. The van der Waals surface area contributed by atoms with Crippen LogP contribution in [0.5, 0.6) is 5.75 Å². The predicted molar refractivity (Wildman–Crippen MR) is 99.5 cm³/mol. The fourth-order valence-corrected chi connectivity index (χ4v) is 2.66. The van der Waals surface area contributed by atoms with E-state index in [1.807, 2.05) is 27.7 Å². The van der Waals surface area contributed by atoms with Gasteiger partial charge in [0.25, 0.3) is 0 Å². The van der Waals surface area contributed by atoms with Gasteiger partial charge < -0.3 is 14.0 Å². The Labute approximate surface area is 157 Å². The van der Waals surface area contributed by atoms with Crippen LogP contribution in [0.1, 0.15) is 33.3 Å². The molecule has 27 heavy (non-hydrogen) atoms.